The van der Waals surface area contributed by atoms with Crippen LogP contribution in [0.25, 0.3) is 6.08 Å². The summed E-state index contributed by atoms with van der Waals surface area (Å²) in [6.07, 6.45) is 1.78. The monoisotopic (exact) mass is 480 g/mol. The molecule has 0 aromatic heterocycles. The van der Waals surface area contributed by atoms with Crippen molar-refractivity contribution in [2.45, 2.75) is 6.92 Å². The fourth-order valence-electron chi connectivity index (χ4n) is 2.37. The molecular weight excluding hydrogens is 463 g/mol. The number of amides is 1. The second kappa shape index (κ2) is 7.71. The number of nitrogens with zero attached hydrogens (tertiary/aromatic N) is 2. The number of thioether (sulfide) groups is 1. The van der Waals surface area contributed by atoms with Crippen LogP contribution >= 0.6 is 34.4 Å². The number of benzene rings is 2. The molecule has 0 radical (unpaired) electrons. The number of halogens is 1. The number of ether oxygens (including phenoxy) is 1. The Morgan fingerprint density at radius 3 is 2.62 bits per heavy atom. The lowest BCUT2D eigenvalue weighted by molar-refractivity contribution is -0.121. The number of carbonyl (C=O) groups excluding carboxylic acids is 1. The Hall–Kier alpha value is -2.00. The number of hydrogen-bond acceptors (Lipinski definition) is 5. The molecule has 0 aliphatic carbocycles. The molecular formula is C19H17IN2O3S. The Labute approximate surface area is 169 Å². The molecule has 0 unspecified atom stereocenters. The van der Waals surface area contributed by atoms with Crippen LogP contribution in [0.2, 0.25) is 0 Å². The summed E-state index contributed by atoms with van der Waals surface area (Å²) in [6, 6.07) is 11.3. The summed E-state index contributed by atoms with van der Waals surface area (Å²) in [5, 5.41) is 10.6. The Morgan fingerprint density at radius 2 is 1.96 bits per heavy atom. The summed E-state index contributed by atoms with van der Waals surface area (Å²) in [5.41, 5.74) is 2.75. The fraction of sp³-hybridized carbons (Fsp3) is 0.158. The Kier molecular flexibility index (Phi) is 5.57. The van der Waals surface area contributed by atoms with Crippen molar-refractivity contribution in [3.05, 3.63) is 56.0 Å². The van der Waals surface area contributed by atoms with E-state index < -0.39 is 0 Å². The van der Waals surface area contributed by atoms with Gasteiger partial charge in [-0.3, -0.25) is 9.69 Å². The number of aryl methyl sites for hydroxylation is 1. The molecule has 134 valence electrons. The highest BCUT2D eigenvalue weighted by molar-refractivity contribution is 14.1. The first kappa shape index (κ1) is 18.8. The zero-order chi connectivity index (χ0) is 18.8. The summed E-state index contributed by atoms with van der Waals surface area (Å²) in [6.45, 7) is 2.02. The Morgan fingerprint density at radius 1 is 1.27 bits per heavy atom. The van der Waals surface area contributed by atoms with E-state index in [9.17, 15) is 9.90 Å². The molecule has 5 nitrogen and oxygen atoms in total. The fourth-order valence-corrected chi connectivity index (χ4v) is 3.98. The van der Waals surface area contributed by atoms with Crippen LogP contribution in [-0.4, -0.2) is 35.2 Å². The maximum atomic E-state index is 12.5. The maximum absolute atomic E-state index is 12.5. The molecule has 3 rings (SSSR count). The minimum Gasteiger partial charge on any atom is -0.504 e. The first-order valence-corrected chi connectivity index (χ1v) is 9.68. The molecule has 0 atom stereocenters. The van der Waals surface area contributed by atoms with Gasteiger partial charge in [-0.25, -0.2) is 4.99 Å². The SMILES string of the molecule is COc1cc(/C=C2/SC(=Nc3ccc(C)cc3)N(C)C2=O)cc(I)c1O. The average Bonchev–Trinajstić information content (AvgIpc) is 2.88. The quantitative estimate of drug-likeness (QED) is 0.518. The molecule has 1 N–H and O–H groups in total. The number of amidine groups is 1. The molecule has 1 aliphatic heterocycles. The Bertz CT molecular complexity index is 923. The predicted octanol–water partition coefficient (Wildman–Crippen LogP) is 4.55. The molecule has 1 amide bonds. The van der Waals surface area contributed by atoms with Gasteiger partial charge in [-0.15, -0.1) is 0 Å². The minimum absolute atomic E-state index is 0.0967. The minimum atomic E-state index is -0.108. The van der Waals surface area contributed by atoms with Crippen molar-refractivity contribution in [1.82, 2.24) is 4.90 Å². The van der Waals surface area contributed by atoms with Crippen molar-refractivity contribution in [1.29, 1.82) is 0 Å². The standard InChI is InChI=1S/C19H17IN2O3S/c1-11-4-6-13(7-5-11)21-19-22(2)18(24)16(26-19)10-12-8-14(20)17(23)15(9-12)25-3/h4-10,23H,1-3H3/b16-10+,21-19?. The van der Waals surface area contributed by atoms with Crippen LogP contribution in [0, 0.1) is 10.5 Å². The van der Waals surface area contributed by atoms with Gasteiger partial charge in [-0.05, 0) is 77.2 Å². The van der Waals surface area contributed by atoms with E-state index in [-0.39, 0.29) is 11.7 Å². The van der Waals surface area contributed by atoms with Crippen molar-refractivity contribution >= 4 is 57.2 Å². The number of methoxy groups -OCH3 is 1. The smallest absolute Gasteiger partial charge is 0.266 e. The van der Waals surface area contributed by atoms with Gasteiger partial charge in [0.2, 0.25) is 0 Å². The van der Waals surface area contributed by atoms with E-state index in [1.165, 1.54) is 18.9 Å². The van der Waals surface area contributed by atoms with Gasteiger partial charge in [-0.1, -0.05) is 17.7 Å². The average molecular weight is 480 g/mol. The number of aliphatic imine (C=N–C) groups is 1. The van der Waals surface area contributed by atoms with E-state index in [0.29, 0.717) is 19.4 Å². The highest BCUT2D eigenvalue weighted by Crippen LogP contribution is 2.36. The van der Waals surface area contributed by atoms with E-state index in [1.54, 1.807) is 30.2 Å². The molecule has 0 bridgehead atoms. The van der Waals surface area contributed by atoms with E-state index in [2.05, 4.69) is 4.99 Å². The van der Waals surface area contributed by atoms with Gasteiger partial charge >= 0.3 is 0 Å². The maximum Gasteiger partial charge on any atom is 0.266 e. The highest BCUT2D eigenvalue weighted by Gasteiger charge is 2.30. The Balaban J connectivity index is 1.92. The summed E-state index contributed by atoms with van der Waals surface area (Å²) in [7, 11) is 3.21. The van der Waals surface area contributed by atoms with E-state index in [1.807, 2.05) is 53.8 Å². The molecule has 1 saturated heterocycles. The molecule has 7 heteroatoms. The van der Waals surface area contributed by atoms with Gasteiger partial charge in [0.25, 0.3) is 5.91 Å². The lowest BCUT2D eigenvalue weighted by Crippen LogP contribution is -2.23. The normalized spacial score (nSPS) is 17.4. The summed E-state index contributed by atoms with van der Waals surface area (Å²) >= 11 is 3.36. The van der Waals surface area contributed by atoms with Gasteiger partial charge < -0.3 is 9.84 Å². The molecule has 0 saturated carbocycles. The molecule has 1 fully saturated rings. The second-order valence-electron chi connectivity index (χ2n) is 5.76. The molecule has 1 aliphatic rings. The number of rotatable bonds is 3. The van der Waals surface area contributed by atoms with Gasteiger partial charge in [0, 0.05) is 7.05 Å². The molecule has 2 aromatic rings. The number of aromatic hydroxyl groups is 1. The van der Waals surface area contributed by atoms with Gasteiger partial charge in [0.05, 0.1) is 21.3 Å². The van der Waals surface area contributed by atoms with E-state index in [0.717, 1.165) is 16.8 Å². The van der Waals surface area contributed by atoms with Crippen molar-refractivity contribution in [2.75, 3.05) is 14.2 Å². The van der Waals surface area contributed by atoms with Gasteiger partial charge in [0.1, 0.15) is 0 Å². The predicted molar refractivity (Wildman–Crippen MR) is 114 cm³/mol. The molecule has 2 aromatic carbocycles. The second-order valence-corrected chi connectivity index (χ2v) is 7.93. The van der Waals surface area contributed by atoms with Crippen LogP contribution in [-0.2, 0) is 4.79 Å². The topological polar surface area (TPSA) is 62.1 Å². The van der Waals surface area contributed by atoms with Crippen molar-refractivity contribution in [3.63, 3.8) is 0 Å². The lowest BCUT2D eigenvalue weighted by atomic mass is 10.2. The highest BCUT2D eigenvalue weighted by atomic mass is 127. The number of phenolic OH excluding ortho intramolecular Hbond substituents is 1. The van der Waals surface area contributed by atoms with Crippen LogP contribution in [0.3, 0.4) is 0 Å². The molecule has 26 heavy (non-hydrogen) atoms. The summed E-state index contributed by atoms with van der Waals surface area (Å²) in [4.78, 5) is 19.2. The first-order valence-electron chi connectivity index (χ1n) is 7.78. The van der Waals surface area contributed by atoms with Crippen molar-refractivity contribution < 1.29 is 14.6 Å². The van der Waals surface area contributed by atoms with Crippen LogP contribution in [0.15, 0.2) is 46.3 Å². The molecule has 1 heterocycles. The third-order valence-corrected chi connectivity index (χ3v) is 5.71. The molecule has 0 spiro atoms. The first-order chi connectivity index (χ1) is 12.4. The number of hydrogen-bond donors (Lipinski definition) is 1. The van der Waals surface area contributed by atoms with Crippen LogP contribution in [0.1, 0.15) is 11.1 Å². The number of phenols is 1. The van der Waals surface area contributed by atoms with Crippen molar-refractivity contribution in [2.24, 2.45) is 4.99 Å². The third kappa shape index (κ3) is 3.88. The van der Waals surface area contributed by atoms with Crippen LogP contribution < -0.4 is 4.74 Å². The van der Waals surface area contributed by atoms with E-state index >= 15 is 0 Å². The van der Waals surface area contributed by atoms with Crippen molar-refractivity contribution in [3.8, 4) is 11.5 Å². The zero-order valence-corrected chi connectivity index (χ0v) is 17.5. The summed E-state index contributed by atoms with van der Waals surface area (Å²) in [5.74, 6) is 0.364. The van der Waals surface area contributed by atoms with E-state index in [4.69, 9.17) is 4.74 Å². The largest absolute Gasteiger partial charge is 0.504 e. The lowest BCUT2D eigenvalue weighted by Gasteiger charge is -2.07. The van der Waals surface area contributed by atoms with Crippen LogP contribution in [0.4, 0.5) is 5.69 Å². The number of carbonyl (C=O) groups is 1. The van der Waals surface area contributed by atoms with Crippen LogP contribution in [0.5, 0.6) is 11.5 Å². The van der Waals surface area contributed by atoms with Gasteiger partial charge in [0.15, 0.2) is 16.7 Å². The summed E-state index contributed by atoms with van der Waals surface area (Å²) < 4.78 is 5.84. The van der Waals surface area contributed by atoms with Gasteiger partial charge in [-0.2, -0.15) is 0 Å². The number of likely N-dealkylation sites (N-methyl/N-ethyl adjacent to an activating group) is 1. The third-order valence-electron chi connectivity index (χ3n) is 3.83. The zero-order valence-electron chi connectivity index (χ0n) is 14.5.